The lowest BCUT2D eigenvalue weighted by Gasteiger charge is -2.07. The van der Waals surface area contributed by atoms with Crippen molar-refractivity contribution in [1.29, 1.82) is 0 Å². The predicted octanol–water partition coefficient (Wildman–Crippen LogP) is 1.62. The molecule has 0 bridgehead atoms. The van der Waals surface area contributed by atoms with E-state index in [1.807, 2.05) is 11.5 Å². The maximum Gasteiger partial charge on any atom is 0.360 e. The summed E-state index contributed by atoms with van der Waals surface area (Å²) in [5, 5.41) is 0. The van der Waals surface area contributed by atoms with Crippen molar-refractivity contribution in [2.24, 2.45) is 0 Å². The molecule has 0 saturated heterocycles. The Bertz CT molecular complexity index is 458. The molecule has 5 nitrogen and oxygen atoms in total. The zero-order valence-electron chi connectivity index (χ0n) is 10.9. The van der Waals surface area contributed by atoms with Gasteiger partial charge >= 0.3 is 5.97 Å². The predicted molar refractivity (Wildman–Crippen MR) is 70.0 cm³/mol. The molecule has 5 heteroatoms. The number of esters is 1. The van der Waals surface area contributed by atoms with Gasteiger partial charge in [-0.05, 0) is 12.8 Å². The van der Waals surface area contributed by atoms with E-state index in [0.29, 0.717) is 5.82 Å². The van der Waals surface area contributed by atoms with E-state index < -0.39 is 5.97 Å². The highest BCUT2D eigenvalue weighted by Gasteiger charge is 2.19. The van der Waals surface area contributed by atoms with Crippen molar-refractivity contribution in [2.45, 2.75) is 39.2 Å². The van der Waals surface area contributed by atoms with Gasteiger partial charge in [-0.25, -0.2) is 9.78 Å². The van der Waals surface area contributed by atoms with E-state index in [0.717, 1.165) is 38.1 Å². The topological polar surface area (TPSA) is 70.1 Å². The number of methoxy groups -OCH3 is 1. The monoisotopic (exact) mass is 249 g/mol. The molecule has 0 radical (unpaired) electrons. The van der Waals surface area contributed by atoms with Gasteiger partial charge in [0.25, 0.3) is 0 Å². The molecule has 0 aliphatic rings. The smallest absolute Gasteiger partial charge is 0.360 e. The summed E-state index contributed by atoms with van der Waals surface area (Å²) in [5.74, 6) is 3.28. The molecule has 0 amide bonds. The molecule has 98 valence electrons. The Morgan fingerprint density at radius 2 is 2.28 bits per heavy atom. The fraction of sp³-hybridized carbons (Fsp3) is 0.538. The van der Waals surface area contributed by atoms with Gasteiger partial charge in [0.1, 0.15) is 11.6 Å². The summed E-state index contributed by atoms with van der Waals surface area (Å²) in [6, 6.07) is 0. The van der Waals surface area contributed by atoms with Crippen LogP contribution in [0.4, 0.5) is 5.82 Å². The van der Waals surface area contributed by atoms with Crippen LogP contribution in [0.1, 0.15) is 42.5 Å². The van der Waals surface area contributed by atoms with Crippen molar-refractivity contribution in [2.75, 3.05) is 12.8 Å². The molecule has 1 aromatic heterocycles. The van der Waals surface area contributed by atoms with Gasteiger partial charge in [-0.2, -0.15) is 0 Å². The highest BCUT2D eigenvalue weighted by Crippen LogP contribution is 2.17. The van der Waals surface area contributed by atoms with E-state index in [-0.39, 0.29) is 5.69 Å². The summed E-state index contributed by atoms with van der Waals surface area (Å²) in [7, 11) is 1.32. The number of unbranched alkanes of at least 4 members (excludes halogenated alkanes) is 2. The van der Waals surface area contributed by atoms with Crippen LogP contribution >= 0.6 is 0 Å². The number of nitrogens with zero attached hydrogens (tertiary/aromatic N) is 2. The minimum Gasteiger partial charge on any atom is -0.464 e. The molecule has 0 saturated carbocycles. The van der Waals surface area contributed by atoms with Gasteiger partial charge in [0.05, 0.1) is 7.11 Å². The maximum absolute atomic E-state index is 11.5. The quantitative estimate of drug-likeness (QED) is 0.472. The van der Waals surface area contributed by atoms with E-state index >= 15 is 0 Å². The molecule has 18 heavy (non-hydrogen) atoms. The number of nitrogen functional groups attached to an aromatic ring is 1. The lowest BCUT2D eigenvalue weighted by atomic mass is 10.2. The number of ether oxygens (including phenoxy) is 1. The molecule has 1 heterocycles. The Balaban J connectivity index is 2.86. The number of hydrogen-bond donors (Lipinski definition) is 1. The summed E-state index contributed by atoms with van der Waals surface area (Å²) < 4.78 is 6.52. The van der Waals surface area contributed by atoms with Gasteiger partial charge in [0.2, 0.25) is 0 Å². The Morgan fingerprint density at radius 1 is 1.56 bits per heavy atom. The Hall–Kier alpha value is -1.96. The summed E-state index contributed by atoms with van der Waals surface area (Å²) in [4.78, 5) is 15.7. The number of imidazole rings is 1. The molecule has 0 spiro atoms. The first-order chi connectivity index (χ1) is 8.65. The molecule has 0 atom stereocenters. The van der Waals surface area contributed by atoms with Crippen LogP contribution in [0.5, 0.6) is 0 Å². The third-order valence-electron chi connectivity index (χ3n) is 2.73. The van der Waals surface area contributed by atoms with Crippen LogP contribution in [0.15, 0.2) is 0 Å². The number of nitrogens with two attached hydrogens (primary N) is 1. The second-order valence-electron chi connectivity index (χ2n) is 3.92. The molecule has 0 aliphatic heterocycles. The molecule has 0 unspecified atom stereocenters. The van der Waals surface area contributed by atoms with Crippen LogP contribution in [0.2, 0.25) is 0 Å². The van der Waals surface area contributed by atoms with Crippen LogP contribution in [0.25, 0.3) is 0 Å². The van der Waals surface area contributed by atoms with E-state index in [1.165, 1.54) is 7.11 Å². The van der Waals surface area contributed by atoms with Crippen LogP contribution in [-0.4, -0.2) is 22.6 Å². The summed E-state index contributed by atoms with van der Waals surface area (Å²) in [6.07, 6.45) is 8.52. The van der Waals surface area contributed by atoms with E-state index in [1.54, 1.807) is 0 Å². The van der Waals surface area contributed by atoms with Gasteiger partial charge in [0, 0.05) is 19.4 Å². The lowest BCUT2D eigenvalue weighted by Crippen LogP contribution is -2.09. The molecule has 2 N–H and O–H groups in total. The number of carbonyl (C=O) groups excluding carboxylic acids is 1. The summed E-state index contributed by atoms with van der Waals surface area (Å²) >= 11 is 0. The van der Waals surface area contributed by atoms with Crippen LogP contribution < -0.4 is 5.73 Å². The van der Waals surface area contributed by atoms with Crippen molar-refractivity contribution >= 4 is 11.8 Å². The zero-order valence-corrected chi connectivity index (χ0v) is 10.9. The second kappa shape index (κ2) is 6.70. The lowest BCUT2D eigenvalue weighted by molar-refractivity contribution is 0.0595. The maximum atomic E-state index is 11.5. The van der Waals surface area contributed by atoms with Gasteiger partial charge in [0.15, 0.2) is 5.69 Å². The highest BCUT2D eigenvalue weighted by atomic mass is 16.5. The number of aryl methyl sites for hydroxylation is 1. The Morgan fingerprint density at radius 3 is 2.83 bits per heavy atom. The zero-order chi connectivity index (χ0) is 13.5. The third kappa shape index (κ3) is 3.04. The molecule has 0 fully saturated rings. The van der Waals surface area contributed by atoms with Gasteiger partial charge in [-0.1, -0.05) is 6.92 Å². The largest absolute Gasteiger partial charge is 0.464 e. The van der Waals surface area contributed by atoms with Crippen molar-refractivity contribution in [3.05, 3.63) is 11.5 Å². The van der Waals surface area contributed by atoms with Crippen LogP contribution in [0.3, 0.4) is 0 Å². The Kier molecular flexibility index (Phi) is 5.25. The SMILES string of the molecule is C#CCCCCn1c(CC)nc(C(=O)OC)c1N. The van der Waals surface area contributed by atoms with Gasteiger partial charge in [-0.3, -0.25) is 0 Å². The number of rotatable bonds is 6. The van der Waals surface area contributed by atoms with Crippen molar-refractivity contribution in [1.82, 2.24) is 9.55 Å². The van der Waals surface area contributed by atoms with E-state index in [4.69, 9.17) is 12.2 Å². The van der Waals surface area contributed by atoms with Crippen LogP contribution in [0, 0.1) is 12.3 Å². The first-order valence-corrected chi connectivity index (χ1v) is 6.02. The van der Waals surface area contributed by atoms with E-state index in [2.05, 4.69) is 15.6 Å². The normalized spacial score (nSPS) is 10.1. The molecule has 0 aliphatic carbocycles. The minimum absolute atomic E-state index is 0.200. The third-order valence-corrected chi connectivity index (χ3v) is 2.73. The fourth-order valence-electron chi connectivity index (χ4n) is 1.78. The highest BCUT2D eigenvalue weighted by molar-refractivity contribution is 5.92. The average molecular weight is 249 g/mol. The number of carbonyl (C=O) groups is 1. The number of anilines is 1. The average Bonchev–Trinajstić information content (AvgIpc) is 2.71. The van der Waals surface area contributed by atoms with Crippen LogP contribution in [-0.2, 0) is 17.7 Å². The Labute approximate surface area is 107 Å². The summed E-state index contributed by atoms with van der Waals surface area (Å²) in [6.45, 7) is 2.70. The molecular formula is C13H19N3O2. The fourth-order valence-corrected chi connectivity index (χ4v) is 1.78. The number of aromatic nitrogens is 2. The number of terminal acetylenes is 1. The van der Waals surface area contributed by atoms with Crippen molar-refractivity contribution < 1.29 is 9.53 Å². The standard InChI is InChI=1S/C13H19N3O2/c1-4-6-7-8-9-16-10(5-2)15-11(12(16)14)13(17)18-3/h1H,5-9,14H2,2-3H3. The second-order valence-corrected chi connectivity index (χ2v) is 3.92. The minimum atomic E-state index is -0.496. The van der Waals surface area contributed by atoms with Gasteiger partial charge < -0.3 is 15.0 Å². The molecule has 1 rings (SSSR count). The summed E-state index contributed by atoms with van der Waals surface area (Å²) in [5.41, 5.74) is 6.13. The first-order valence-electron chi connectivity index (χ1n) is 6.02. The van der Waals surface area contributed by atoms with Crippen molar-refractivity contribution in [3.63, 3.8) is 0 Å². The first kappa shape index (κ1) is 14.1. The van der Waals surface area contributed by atoms with E-state index in [9.17, 15) is 4.79 Å². The molecule has 1 aromatic rings. The van der Waals surface area contributed by atoms with Crippen molar-refractivity contribution in [3.8, 4) is 12.3 Å². The molecular weight excluding hydrogens is 230 g/mol. The molecule has 0 aromatic carbocycles. The number of hydrogen-bond acceptors (Lipinski definition) is 4. The van der Waals surface area contributed by atoms with Gasteiger partial charge in [-0.15, -0.1) is 12.3 Å².